The summed E-state index contributed by atoms with van der Waals surface area (Å²) in [5.74, 6) is 1.24. The van der Waals surface area contributed by atoms with Gasteiger partial charge in [-0.2, -0.15) is 0 Å². The van der Waals surface area contributed by atoms with Crippen LogP contribution in [0.2, 0.25) is 0 Å². The van der Waals surface area contributed by atoms with Crippen LogP contribution in [0.25, 0.3) is 11.5 Å². The van der Waals surface area contributed by atoms with Gasteiger partial charge in [0.05, 0.1) is 12.3 Å². The molecule has 1 aliphatic carbocycles. The van der Waals surface area contributed by atoms with E-state index in [-0.39, 0.29) is 5.82 Å². The smallest absolute Gasteiger partial charge is 0.153 e. The highest BCUT2D eigenvalue weighted by molar-refractivity contribution is 5.54. The second-order valence-electron chi connectivity index (χ2n) is 5.83. The summed E-state index contributed by atoms with van der Waals surface area (Å²) in [6, 6.07) is 4.79. The molecule has 3 rings (SSSR count). The number of aliphatic hydroxyl groups excluding tert-OH is 1. The fourth-order valence-electron chi connectivity index (χ4n) is 3.14. The molecule has 112 valence electrons. The maximum absolute atomic E-state index is 12.9. The van der Waals surface area contributed by atoms with E-state index < -0.39 is 6.10 Å². The maximum atomic E-state index is 12.9. The van der Waals surface area contributed by atoms with E-state index in [1.807, 2.05) is 13.0 Å². The third-order valence-corrected chi connectivity index (χ3v) is 4.35. The lowest BCUT2D eigenvalue weighted by Gasteiger charge is -2.26. The summed E-state index contributed by atoms with van der Waals surface area (Å²) in [6.07, 6.45) is 6.45. The van der Waals surface area contributed by atoms with Crippen molar-refractivity contribution >= 4 is 0 Å². The number of furan rings is 1. The lowest BCUT2D eigenvalue weighted by molar-refractivity contribution is 0.0835. The highest BCUT2D eigenvalue weighted by atomic mass is 19.1. The summed E-state index contributed by atoms with van der Waals surface area (Å²) in [4.78, 5) is 4.02. The molecule has 1 saturated carbocycles. The van der Waals surface area contributed by atoms with Crippen LogP contribution in [0, 0.1) is 18.7 Å². The number of aromatic nitrogens is 1. The van der Waals surface area contributed by atoms with Crippen molar-refractivity contribution in [1.82, 2.24) is 4.98 Å². The molecule has 4 heteroatoms. The first-order chi connectivity index (χ1) is 10.1. The second kappa shape index (κ2) is 5.98. The molecule has 0 amide bonds. The van der Waals surface area contributed by atoms with Crippen LogP contribution in [0.3, 0.4) is 0 Å². The molecule has 2 heterocycles. The lowest BCUT2D eigenvalue weighted by atomic mass is 9.83. The van der Waals surface area contributed by atoms with Crippen LogP contribution in [0.1, 0.15) is 49.5 Å². The molecular formula is C17H20FNO2. The summed E-state index contributed by atoms with van der Waals surface area (Å²) < 4.78 is 18.6. The summed E-state index contributed by atoms with van der Waals surface area (Å²) >= 11 is 0. The molecule has 0 radical (unpaired) electrons. The fraction of sp³-hybridized carbons (Fsp3) is 0.471. The summed E-state index contributed by atoms with van der Waals surface area (Å²) in [7, 11) is 0. The Bertz CT molecular complexity index is 600. The Morgan fingerprint density at radius 3 is 2.71 bits per heavy atom. The number of rotatable bonds is 3. The van der Waals surface area contributed by atoms with E-state index in [2.05, 4.69) is 4.98 Å². The number of nitrogens with zero attached hydrogens (tertiary/aromatic N) is 1. The molecule has 1 aliphatic rings. The van der Waals surface area contributed by atoms with Gasteiger partial charge >= 0.3 is 0 Å². The van der Waals surface area contributed by atoms with Crippen LogP contribution in [0.15, 0.2) is 28.8 Å². The standard InChI is InChI=1S/C17H20FNO2/c1-11-14(17(20)12-5-3-2-4-6-12)9-16(21-11)15-8-7-13(18)10-19-15/h7-10,12,17,20H,2-6H2,1H3. The molecule has 3 nitrogen and oxygen atoms in total. The number of aliphatic hydroxyl groups is 1. The molecule has 2 aromatic rings. The van der Waals surface area contributed by atoms with Crippen molar-refractivity contribution in [2.24, 2.45) is 5.92 Å². The molecule has 0 spiro atoms. The van der Waals surface area contributed by atoms with E-state index in [0.29, 0.717) is 23.1 Å². The number of aryl methyl sites for hydroxylation is 1. The highest BCUT2D eigenvalue weighted by Crippen LogP contribution is 2.37. The summed E-state index contributed by atoms with van der Waals surface area (Å²) in [5, 5.41) is 10.6. The minimum Gasteiger partial charge on any atom is -0.459 e. The van der Waals surface area contributed by atoms with Gasteiger partial charge in [0.2, 0.25) is 0 Å². The van der Waals surface area contributed by atoms with Gasteiger partial charge in [0.1, 0.15) is 17.3 Å². The third kappa shape index (κ3) is 3.00. The lowest BCUT2D eigenvalue weighted by Crippen LogP contribution is -2.16. The van der Waals surface area contributed by atoms with Gasteiger partial charge in [0.25, 0.3) is 0 Å². The van der Waals surface area contributed by atoms with Crippen LogP contribution in [0.4, 0.5) is 4.39 Å². The van der Waals surface area contributed by atoms with E-state index in [9.17, 15) is 9.50 Å². The highest BCUT2D eigenvalue weighted by Gasteiger charge is 2.26. The summed E-state index contributed by atoms with van der Waals surface area (Å²) in [5.41, 5.74) is 1.42. The van der Waals surface area contributed by atoms with E-state index >= 15 is 0 Å². The molecule has 21 heavy (non-hydrogen) atoms. The van der Waals surface area contributed by atoms with Gasteiger partial charge in [0, 0.05) is 5.56 Å². The monoisotopic (exact) mass is 289 g/mol. The Labute approximate surface area is 123 Å². The molecule has 1 fully saturated rings. The Morgan fingerprint density at radius 2 is 2.05 bits per heavy atom. The topological polar surface area (TPSA) is 46.3 Å². The second-order valence-corrected chi connectivity index (χ2v) is 5.83. The van der Waals surface area contributed by atoms with Gasteiger partial charge < -0.3 is 9.52 Å². The van der Waals surface area contributed by atoms with Gasteiger partial charge in [-0.05, 0) is 43.9 Å². The van der Waals surface area contributed by atoms with E-state index in [4.69, 9.17) is 4.42 Å². The van der Waals surface area contributed by atoms with E-state index in [1.54, 1.807) is 6.07 Å². The zero-order valence-corrected chi connectivity index (χ0v) is 12.2. The normalized spacial score (nSPS) is 17.9. The third-order valence-electron chi connectivity index (χ3n) is 4.35. The molecule has 1 atom stereocenters. The molecule has 1 N–H and O–H groups in total. The van der Waals surface area contributed by atoms with Gasteiger partial charge in [-0.25, -0.2) is 9.37 Å². The first kappa shape index (κ1) is 14.3. The molecule has 1 unspecified atom stereocenters. The quantitative estimate of drug-likeness (QED) is 0.910. The zero-order chi connectivity index (χ0) is 14.8. The number of hydrogen-bond acceptors (Lipinski definition) is 3. The first-order valence-corrected chi connectivity index (χ1v) is 7.55. The largest absolute Gasteiger partial charge is 0.459 e. The predicted octanol–water partition coefficient (Wildman–Crippen LogP) is 4.40. The number of pyridine rings is 1. The Kier molecular flexibility index (Phi) is 4.06. The van der Waals surface area contributed by atoms with Gasteiger partial charge in [-0.3, -0.25) is 0 Å². The van der Waals surface area contributed by atoms with Crippen LogP contribution < -0.4 is 0 Å². The fourth-order valence-corrected chi connectivity index (χ4v) is 3.14. The average molecular weight is 289 g/mol. The van der Waals surface area contributed by atoms with Gasteiger partial charge in [-0.1, -0.05) is 19.3 Å². The van der Waals surface area contributed by atoms with Crippen molar-refractivity contribution in [2.45, 2.75) is 45.1 Å². The number of hydrogen-bond donors (Lipinski definition) is 1. The van der Waals surface area contributed by atoms with E-state index in [1.165, 1.54) is 31.5 Å². The molecule has 0 bridgehead atoms. The average Bonchev–Trinajstić information content (AvgIpc) is 2.90. The molecule has 0 aliphatic heterocycles. The molecule has 0 aromatic carbocycles. The van der Waals surface area contributed by atoms with Crippen molar-refractivity contribution in [3.8, 4) is 11.5 Å². The van der Waals surface area contributed by atoms with Crippen molar-refractivity contribution in [3.05, 3.63) is 41.5 Å². The van der Waals surface area contributed by atoms with Gasteiger partial charge in [-0.15, -0.1) is 0 Å². The first-order valence-electron chi connectivity index (χ1n) is 7.55. The van der Waals surface area contributed by atoms with Crippen LogP contribution in [0.5, 0.6) is 0 Å². The van der Waals surface area contributed by atoms with Crippen molar-refractivity contribution in [1.29, 1.82) is 0 Å². The van der Waals surface area contributed by atoms with Gasteiger partial charge in [0.15, 0.2) is 5.76 Å². The van der Waals surface area contributed by atoms with Crippen molar-refractivity contribution in [2.75, 3.05) is 0 Å². The molecule has 0 saturated heterocycles. The van der Waals surface area contributed by atoms with Crippen LogP contribution >= 0.6 is 0 Å². The Morgan fingerprint density at radius 1 is 1.29 bits per heavy atom. The predicted molar refractivity (Wildman–Crippen MR) is 78.2 cm³/mol. The minimum absolute atomic E-state index is 0.309. The summed E-state index contributed by atoms with van der Waals surface area (Å²) in [6.45, 7) is 1.86. The zero-order valence-electron chi connectivity index (χ0n) is 12.2. The van der Waals surface area contributed by atoms with E-state index in [0.717, 1.165) is 18.4 Å². The molecular weight excluding hydrogens is 269 g/mol. The molecule has 2 aromatic heterocycles. The SMILES string of the molecule is Cc1oc(-c2ccc(F)cn2)cc1C(O)C1CCCCC1. The minimum atomic E-state index is -0.483. The van der Waals surface area contributed by atoms with Crippen molar-refractivity contribution in [3.63, 3.8) is 0 Å². The maximum Gasteiger partial charge on any atom is 0.153 e. The Balaban J connectivity index is 1.85. The van der Waals surface area contributed by atoms with Crippen LogP contribution in [-0.4, -0.2) is 10.1 Å². The van der Waals surface area contributed by atoms with Crippen LogP contribution in [-0.2, 0) is 0 Å². The Hall–Kier alpha value is -1.68. The van der Waals surface area contributed by atoms with Crippen molar-refractivity contribution < 1.29 is 13.9 Å². The number of halogens is 1.